The molecule has 37 heavy (non-hydrogen) atoms. The van der Waals surface area contributed by atoms with E-state index in [2.05, 4.69) is 34.5 Å². The first-order chi connectivity index (χ1) is 18.0. The van der Waals surface area contributed by atoms with Crippen molar-refractivity contribution in [1.82, 2.24) is 14.9 Å². The average Bonchev–Trinajstić information content (AvgIpc) is 2.91. The molecule has 2 aromatic rings. The van der Waals surface area contributed by atoms with Gasteiger partial charge in [0.05, 0.1) is 28.3 Å². The zero-order valence-electron chi connectivity index (χ0n) is 21.5. The minimum Gasteiger partial charge on any atom is -0.437 e. The molecule has 2 aliphatic heterocycles. The molecule has 1 aromatic heterocycles. The third-order valence-corrected chi connectivity index (χ3v) is 8.34. The summed E-state index contributed by atoms with van der Waals surface area (Å²) < 4.78 is 6.42. The molecule has 7 nitrogen and oxygen atoms in total. The van der Waals surface area contributed by atoms with Crippen LogP contribution < -0.4 is 10.1 Å². The predicted octanol–water partition coefficient (Wildman–Crippen LogP) is 5.84. The summed E-state index contributed by atoms with van der Waals surface area (Å²) in [4.78, 5) is 13.2. The van der Waals surface area contributed by atoms with Gasteiger partial charge >= 0.3 is 0 Å². The molecule has 0 saturated carbocycles. The van der Waals surface area contributed by atoms with Crippen LogP contribution in [0.2, 0.25) is 0 Å². The van der Waals surface area contributed by atoms with Gasteiger partial charge in [-0.15, -0.1) is 11.8 Å². The van der Waals surface area contributed by atoms with Gasteiger partial charge in [0, 0.05) is 31.2 Å². The van der Waals surface area contributed by atoms with Crippen LogP contribution in [-0.4, -0.2) is 46.3 Å². The number of nitriles is 2. The molecular formula is C29H32N6OS. The van der Waals surface area contributed by atoms with Crippen LogP contribution in [0.1, 0.15) is 54.5 Å². The molecule has 1 saturated heterocycles. The number of aromatic nitrogens is 2. The van der Waals surface area contributed by atoms with Crippen molar-refractivity contribution in [3.63, 3.8) is 0 Å². The summed E-state index contributed by atoms with van der Waals surface area (Å²) in [5.41, 5.74) is 5.69. The van der Waals surface area contributed by atoms with Gasteiger partial charge in [0.2, 0.25) is 11.8 Å². The van der Waals surface area contributed by atoms with Crippen LogP contribution in [0.15, 0.2) is 40.3 Å². The lowest BCUT2D eigenvalue weighted by molar-refractivity contribution is 0.236. The Morgan fingerprint density at radius 1 is 1.11 bits per heavy atom. The molecule has 1 aliphatic carbocycles. The molecule has 1 aromatic carbocycles. The smallest absolute Gasteiger partial charge is 0.238 e. The molecule has 0 bridgehead atoms. The highest BCUT2D eigenvalue weighted by atomic mass is 32.2. The molecular weight excluding hydrogens is 480 g/mol. The number of hydrogen-bond acceptors (Lipinski definition) is 8. The number of likely N-dealkylation sites (tertiary alicyclic amines) is 1. The second kappa shape index (κ2) is 11.4. The van der Waals surface area contributed by atoms with Crippen molar-refractivity contribution >= 4 is 17.7 Å². The number of hydrogen-bond donors (Lipinski definition) is 1. The summed E-state index contributed by atoms with van der Waals surface area (Å²) in [6.07, 6.45) is 10.2. The molecule has 190 valence electrons. The fraction of sp³-hybridized carbons (Fsp3) is 0.448. The molecule has 0 atom stereocenters. The number of nitrogens with zero attached hydrogens (tertiary/aromatic N) is 5. The number of allylic oxidation sites excluding steroid dienone is 2. The van der Waals surface area contributed by atoms with Crippen molar-refractivity contribution in [2.24, 2.45) is 0 Å². The number of ether oxygens (including phenoxy) is 1. The lowest BCUT2D eigenvalue weighted by atomic mass is 9.98. The number of anilines is 1. The van der Waals surface area contributed by atoms with Crippen molar-refractivity contribution in [3.05, 3.63) is 57.8 Å². The molecule has 0 radical (unpaired) electrons. The predicted molar refractivity (Wildman–Crippen MR) is 146 cm³/mol. The van der Waals surface area contributed by atoms with Crippen LogP contribution in [0.25, 0.3) is 0 Å². The number of fused-ring (bicyclic) bond motifs is 1. The van der Waals surface area contributed by atoms with E-state index < -0.39 is 0 Å². The summed E-state index contributed by atoms with van der Waals surface area (Å²) >= 11 is 1.76. The summed E-state index contributed by atoms with van der Waals surface area (Å²) in [6.45, 7) is 6.84. The largest absolute Gasteiger partial charge is 0.437 e. The maximum atomic E-state index is 9.29. The van der Waals surface area contributed by atoms with E-state index in [0.717, 1.165) is 97.0 Å². The first-order valence-corrected chi connectivity index (χ1v) is 14.0. The summed E-state index contributed by atoms with van der Waals surface area (Å²) in [5, 5.41) is 22.1. The summed E-state index contributed by atoms with van der Waals surface area (Å²) in [7, 11) is 0. The number of aryl methyl sites for hydroxylation is 3. The molecule has 5 rings (SSSR count). The number of thioether (sulfide) groups is 1. The molecule has 3 aliphatic rings. The van der Waals surface area contributed by atoms with Gasteiger partial charge in [-0.1, -0.05) is 6.08 Å². The van der Waals surface area contributed by atoms with E-state index in [9.17, 15) is 10.5 Å². The SMILES string of the molecule is Cc1cc(C#N)cc(C)c1Oc1nc(NC2CCN(CC3=CCCC(C#N)=C3)CC2)nc2c1SCCC2. The molecule has 3 heterocycles. The lowest BCUT2D eigenvalue weighted by Gasteiger charge is -2.33. The number of nitrogens with one attached hydrogen (secondary N) is 1. The fourth-order valence-corrected chi connectivity index (χ4v) is 6.27. The monoisotopic (exact) mass is 512 g/mol. The van der Waals surface area contributed by atoms with Crippen LogP contribution in [0.4, 0.5) is 5.95 Å². The minimum atomic E-state index is 0.308. The quantitative estimate of drug-likeness (QED) is 0.515. The van der Waals surface area contributed by atoms with Crippen molar-refractivity contribution in [3.8, 4) is 23.8 Å². The second-order valence-electron chi connectivity index (χ2n) is 10.0. The van der Waals surface area contributed by atoms with E-state index >= 15 is 0 Å². The van der Waals surface area contributed by atoms with Crippen molar-refractivity contribution in [1.29, 1.82) is 10.5 Å². The highest BCUT2D eigenvalue weighted by molar-refractivity contribution is 7.99. The average molecular weight is 513 g/mol. The Hall–Kier alpha value is -3.33. The van der Waals surface area contributed by atoms with Crippen LogP contribution >= 0.6 is 11.8 Å². The zero-order chi connectivity index (χ0) is 25.8. The molecule has 8 heteroatoms. The van der Waals surface area contributed by atoms with E-state index in [-0.39, 0.29) is 0 Å². The van der Waals surface area contributed by atoms with Crippen molar-refractivity contribution in [2.75, 3.05) is 30.7 Å². The van der Waals surface area contributed by atoms with Gasteiger partial charge in [0.1, 0.15) is 5.75 Å². The van der Waals surface area contributed by atoms with Gasteiger partial charge < -0.3 is 10.1 Å². The third kappa shape index (κ3) is 5.98. The second-order valence-corrected chi connectivity index (χ2v) is 11.1. The lowest BCUT2D eigenvalue weighted by Crippen LogP contribution is -2.40. The van der Waals surface area contributed by atoms with Gasteiger partial charge in [-0.05, 0) is 93.0 Å². The van der Waals surface area contributed by atoms with Gasteiger partial charge in [0.25, 0.3) is 0 Å². The van der Waals surface area contributed by atoms with Crippen LogP contribution in [0.5, 0.6) is 11.6 Å². The Morgan fingerprint density at radius 2 is 1.89 bits per heavy atom. The topological polar surface area (TPSA) is 97.9 Å². The van der Waals surface area contributed by atoms with Crippen LogP contribution in [0.3, 0.4) is 0 Å². The van der Waals surface area contributed by atoms with Crippen molar-refractivity contribution < 1.29 is 4.74 Å². The Kier molecular flexibility index (Phi) is 7.79. The maximum Gasteiger partial charge on any atom is 0.238 e. The Balaban J connectivity index is 1.28. The Bertz CT molecular complexity index is 1300. The van der Waals surface area contributed by atoms with E-state index in [1.165, 1.54) is 5.57 Å². The minimum absolute atomic E-state index is 0.308. The molecule has 0 spiro atoms. The Morgan fingerprint density at radius 3 is 2.62 bits per heavy atom. The third-order valence-electron chi connectivity index (χ3n) is 7.15. The Labute approximate surface area is 223 Å². The summed E-state index contributed by atoms with van der Waals surface area (Å²) in [5.74, 6) is 3.03. The molecule has 0 unspecified atom stereocenters. The first-order valence-electron chi connectivity index (χ1n) is 13.0. The van der Waals surface area contributed by atoms with Gasteiger partial charge in [0.15, 0.2) is 0 Å². The number of rotatable bonds is 6. The standard InChI is InChI=1S/C29H32N6OS/c1-19-13-23(17-31)14-20(2)26(19)36-28-27-25(7-4-12-37-27)33-29(34-28)32-24-8-10-35(11-9-24)18-22-6-3-5-21(15-22)16-30/h6,13-15,24H,3-5,7-12,18H2,1-2H3,(H,32,33,34). The molecule has 0 amide bonds. The normalized spacial score (nSPS) is 18.2. The maximum absolute atomic E-state index is 9.29. The molecule has 1 N–H and O–H groups in total. The first kappa shape index (κ1) is 25.3. The van der Waals surface area contributed by atoms with Gasteiger partial charge in [-0.25, -0.2) is 4.98 Å². The number of piperidine rings is 1. The van der Waals surface area contributed by atoms with E-state index in [4.69, 9.17) is 14.7 Å². The molecule has 1 fully saturated rings. The zero-order valence-corrected chi connectivity index (χ0v) is 22.3. The van der Waals surface area contributed by atoms with Crippen molar-refractivity contribution in [2.45, 2.75) is 63.3 Å². The van der Waals surface area contributed by atoms with Crippen LogP contribution in [0, 0.1) is 36.5 Å². The van der Waals surface area contributed by atoms with E-state index in [0.29, 0.717) is 23.4 Å². The fourth-order valence-electron chi connectivity index (χ4n) is 5.25. The summed E-state index contributed by atoms with van der Waals surface area (Å²) in [6, 6.07) is 8.55. The van der Waals surface area contributed by atoms with E-state index in [1.807, 2.05) is 26.0 Å². The van der Waals surface area contributed by atoms with E-state index in [1.54, 1.807) is 11.8 Å². The van der Waals surface area contributed by atoms with Crippen LogP contribution in [-0.2, 0) is 6.42 Å². The van der Waals surface area contributed by atoms with Gasteiger partial charge in [-0.3, -0.25) is 4.90 Å². The highest BCUT2D eigenvalue weighted by Gasteiger charge is 2.25. The van der Waals surface area contributed by atoms with Gasteiger partial charge in [-0.2, -0.15) is 15.5 Å². The highest BCUT2D eigenvalue weighted by Crippen LogP contribution is 2.40. The number of benzene rings is 1.